The number of benzene rings is 7. The lowest BCUT2D eigenvalue weighted by Crippen LogP contribution is -2.19. The molecule has 0 unspecified atom stereocenters. The second-order valence-corrected chi connectivity index (χ2v) is 13.0. The van der Waals surface area contributed by atoms with Crippen LogP contribution in [-0.4, -0.2) is 0 Å². The minimum absolute atomic E-state index is 0.111. The molecule has 47 heavy (non-hydrogen) atoms. The van der Waals surface area contributed by atoms with E-state index in [1.807, 2.05) is 30.3 Å². The van der Waals surface area contributed by atoms with E-state index in [0.717, 1.165) is 57.1 Å². The van der Waals surface area contributed by atoms with Crippen LogP contribution in [0.1, 0.15) is 25.0 Å². The molecule has 0 radical (unpaired) electrons. The highest BCUT2D eigenvalue weighted by molar-refractivity contribution is 5.97. The molecule has 4 nitrogen and oxygen atoms in total. The van der Waals surface area contributed by atoms with Gasteiger partial charge in [-0.05, 0) is 106 Å². The lowest BCUT2D eigenvalue weighted by atomic mass is 9.82. The standard InChI is InChI=1S/C43H30N2O2/c1-43(2)33-12-4-3-11-31(33)32-25-42-38(26-34(32)43)45(37-15-7-10-18-41(37)47-42)30-22-20-27-23-29(21-19-28(27)24-30)44-35-13-5-8-16-39(35)46-40-17-9-6-14-36(40)44/h3-26H,1-2H3. The van der Waals surface area contributed by atoms with Crippen LogP contribution in [0.4, 0.5) is 34.1 Å². The predicted molar refractivity (Wildman–Crippen MR) is 191 cm³/mol. The molecule has 7 aromatic carbocycles. The number of fused-ring (bicyclic) bond motifs is 8. The summed E-state index contributed by atoms with van der Waals surface area (Å²) in [5, 5.41) is 2.33. The Labute approximate surface area is 273 Å². The van der Waals surface area contributed by atoms with Crippen LogP contribution >= 0.6 is 0 Å². The fourth-order valence-electron chi connectivity index (χ4n) is 7.71. The van der Waals surface area contributed by atoms with Gasteiger partial charge in [-0.2, -0.15) is 0 Å². The molecule has 0 amide bonds. The number of hydrogen-bond acceptors (Lipinski definition) is 4. The van der Waals surface area contributed by atoms with Gasteiger partial charge in [0.05, 0.1) is 22.7 Å². The molecule has 4 heteroatoms. The molecular formula is C43H30N2O2. The second kappa shape index (κ2) is 9.51. The Morgan fingerprint density at radius 2 is 0.894 bits per heavy atom. The lowest BCUT2D eigenvalue weighted by Gasteiger charge is -2.34. The van der Waals surface area contributed by atoms with Crippen molar-refractivity contribution in [2.75, 3.05) is 9.80 Å². The van der Waals surface area contributed by atoms with Crippen LogP contribution in [0.15, 0.2) is 146 Å². The first-order valence-electron chi connectivity index (χ1n) is 16.1. The van der Waals surface area contributed by atoms with E-state index in [-0.39, 0.29) is 5.41 Å². The van der Waals surface area contributed by atoms with Crippen molar-refractivity contribution in [1.29, 1.82) is 0 Å². The molecule has 2 heterocycles. The summed E-state index contributed by atoms with van der Waals surface area (Å²) < 4.78 is 12.9. The van der Waals surface area contributed by atoms with E-state index < -0.39 is 0 Å². The van der Waals surface area contributed by atoms with Gasteiger partial charge in [0, 0.05) is 16.8 Å². The van der Waals surface area contributed by atoms with Crippen LogP contribution < -0.4 is 19.3 Å². The van der Waals surface area contributed by atoms with E-state index >= 15 is 0 Å². The SMILES string of the molecule is CC1(C)c2ccccc2-c2cc3c(cc21)N(c1ccc2cc(N4c5ccccc5Oc5ccccc54)ccc2c1)c1ccccc1O3. The summed E-state index contributed by atoms with van der Waals surface area (Å²) in [5.41, 5.74) is 11.4. The van der Waals surface area contributed by atoms with Gasteiger partial charge in [-0.1, -0.05) is 86.6 Å². The first kappa shape index (κ1) is 26.2. The Balaban J connectivity index is 1.11. The third-order valence-corrected chi connectivity index (χ3v) is 9.99. The molecule has 0 atom stereocenters. The molecule has 0 bridgehead atoms. The Bertz CT molecular complexity index is 2380. The monoisotopic (exact) mass is 606 g/mol. The van der Waals surface area contributed by atoms with E-state index in [1.54, 1.807) is 0 Å². The molecule has 0 fully saturated rings. The molecule has 0 N–H and O–H groups in total. The quantitative estimate of drug-likeness (QED) is 0.195. The highest BCUT2D eigenvalue weighted by Gasteiger charge is 2.38. The minimum Gasteiger partial charge on any atom is -0.453 e. The van der Waals surface area contributed by atoms with Crippen LogP contribution in [0.3, 0.4) is 0 Å². The van der Waals surface area contributed by atoms with Crippen LogP contribution in [0.2, 0.25) is 0 Å². The molecule has 7 aromatic rings. The molecule has 2 aliphatic heterocycles. The Kier molecular flexibility index (Phi) is 5.31. The maximum atomic E-state index is 6.61. The summed E-state index contributed by atoms with van der Waals surface area (Å²) in [4.78, 5) is 4.64. The average Bonchev–Trinajstić information content (AvgIpc) is 3.33. The maximum Gasteiger partial charge on any atom is 0.152 e. The normalized spacial score (nSPS) is 14.6. The summed E-state index contributed by atoms with van der Waals surface area (Å²) in [6.07, 6.45) is 0. The van der Waals surface area contributed by atoms with Gasteiger partial charge in [-0.3, -0.25) is 0 Å². The van der Waals surface area contributed by atoms with Crippen molar-refractivity contribution in [3.05, 3.63) is 157 Å². The van der Waals surface area contributed by atoms with Crippen LogP contribution in [-0.2, 0) is 5.41 Å². The molecule has 0 aromatic heterocycles. The number of anilines is 6. The van der Waals surface area contributed by atoms with Crippen LogP contribution in [0, 0.1) is 0 Å². The highest BCUT2D eigenvalue weighted by atomic mass is 16.5. The zero-order valence-corrected chi connectivity index (χ0v) is 26.1. The van der Waals surface area contributed by atoms with E-state index in [2.05, 4.69) is 139 Å². The summed E-state index contributed by atoms with van der Waals surface area (Å²) in [7, 11) is 0. The fourth-order valence-corrected chi connectivity index (χ4v) is 7.71. The van der Waals surface area contributed by atoms with E-state index in [0.29, 0.717) is 0 Å². The van der Waals surface area contributed by atoms with Gasteiger partial charge < -0.3 is 19.3 Å². The van der Waals surface area contributed by atoms with Crippen LogP contribution in [0.25, 0.3) is 21.9 Å². The zero-order valence-electron chi connectivity index (χ0n) is 26.1. The minimum atomic E-state index is -0.111. The van der Waals surface area contributed by atoms with E-state index in [9.17, 15) is 0 Å². The Morgan fingerprint density at radius 3 is 1.49 bits per heavy atom. The van der Waals surface area contributed by atoms with Gasteiger partial charge in [-0.15, -0.1) is 0 Å². The summed E-state index contributed by atoms with van der Waals surface area (Å²) in [6, 6.07) is 51.6. The van der Waals surface area contributed by atoms with E-state index in [1.165, 1.54) is 33.0 Å². The van der Waals surface area contributed by atoms with Crippen molar-refractivity contribution in [2.24, 2.45) is 0 Å². The molecule has 0 saturated heterocycles. The van der Waals surface area contributed by atoms with Crippen molar-refractivity contribution in [3.63, 3.8) is 0 Å². The maximum absolute atomic E-state index is 6.61. The largest absolute Gasteiger partial charge is 0.453 e. The van der Waals surface area contributed by atoms with Crippen molar-refractivity contribution < 1.29 is 9.47 Å². The van der Waals surface area contributed by atoms with Gasteiger partial charge in [0.1, 0.15) is 0 Å². The first-order chi connectivity index (χ1) is 23.0. The van der Waals surface area contributed by atoms with Gasteiger partial charge in [0.25, 0.3) is 0 Å². The number of rotatable bonds is 2. The summed E-state index contributed by atoms with van der Waals surface area (Å²) in [6.45, 7) is 4.65. The topological polar surface area (TPSA) is 24.9 Å². The molecule has 3 aliphatic rings. The number of ether oxygens (including phenoxy) is 2. The third-order valence-electron chi connectivity index (χ3n) is 9.99. The van der Waals surface area contributed by atoms with Crippen molar-refractivity contribution in [2.45, 2.75) is 19.3 Å². The van der Waals surface area contributed by atoms with Crippen molar-refractivity contribution in [1.82, 2.24) is 0 Å². The van der Waals surface area contributed by atoms with Crippen molar-refractivity contribution in [3.8, 4) is 34.1 Å². The van der Waals surface area contributed by atoms with Crippen LogP contribution in [0.5, 0.6) is 23.0 Å². The Morgan fingerprint density at radius 1 is 0.404 bits per heavy atom. The lowest BCUT2D eigenvalue weighted by molar-refractivity contribution is 0.476. The molecule has 0 spiro atoms. The van der Waals surface area contributed by atoms with Gasteiger partial charge in [0.15, 0.2) is 23.0 Å². The number of hydrogen-bond donors (Lipinski definition) is 0. The molecule has 1 aliphatic carbocycles. The number of nitrogens with zero attached hydrogens (tertiary/aromatic N) is 2. The zero-order chi connectivity index (χ0) is 31.3. The molecule has 0 saturated carbocycles. The molecule has 224 valence electrons. The smallest absolute Gasteiger partial charge is 0.152 e. The van der Waals surface area contributed by atoms with Gasteiger partial charge in [-0.25, -0.2) is 0 Å². The average molecular weight is 607 g/mol. The summed E-state index contributed by atoms with van der Waals surface area (Å²) >= 11 is 0. The van der Waals surface area contributed by atoms with Gasteiger partial charge >= 0.3 is 0 Å². The molecular weight excluding hydrogens is 576 g/mol. The van der Waals surface area contributed by atoms with Crippen molar-refractivity contribution >= 4 is 44.9 Å². The molecule has 10 rings (SSSR count). The first-order valence-corrected chi connectivity index (χ1v) is 16.1. The number of para-hydroxylation sites is 6. The fraction of sp³-hybridized carbons (Fsp3) is 0.0698. The van der Waals surface area contributed by atoms with Gasteiger partial charge in [0.2, 0.25) is 0 Å². The predicted octanol–water partition coefficient (Wildman–Crippen LogP) is 12.3. The Hall–Kier alpha value is -6.00. The third kappa shape index (κ3) is 3.76. The summed E-state index contributed by atoms with van der Waals surface area (Å²) in [5.74, 6) is 3.42. The van der Waals surface area contributed by atoms with E-state index in [4.69, 9.17) is 9.47 Å². The highest BCUT2D eigenvalue weighted by Crippen LogP contribution is 2.57. The second-order valence-electron chi connectivity index (χ2n) is 13.0.